The third kappa shape index (κ3) is 2.97. The van der Waals surface area contributed by atoms with Gasteiger partial charge in [-0.1, -0.05) is 6.07 Å². The number of amides is 1. The molecular weight excluding hydrogens is 218 g/mol. The van der Waals surface area contributed by atoms with Crippen molar-refractivity contribution >= 4 is 5.91 Å². The highest BCUT2D eigenvalue weighted by molar-refractivity contribution is 5.94. The maximum atomic E-state index is 11.7. The second-order valence-electron chi connectivity index (χ2n) is 4.62. The quantitative estimate of drug-likeness (QED) is 0.734. The second-order valence-corrected chi connectivity index (χ2v) is 4.62. The molecule has 0 saturated heterocycles. The minimum atomic E-state index is -0.446. The maximum absolute atomic E-state index is 11.7. The first kappa shape index (κ1) is 11.9. The molecule has 4 nitrogen and oxygen atoms in total. The summed E-state index contributed by atoms with van der Waals surface area (Å²) >= 11 is 0. The van der Waals surface area contributed by atoms with Gasteiger partial charge in [0.1, 0.15) is 5.75 Å². The van der Waals surface area contributed by atoms with Crippen molar-refractivity contribution in [1.29, 1.82) is 0 Å². The Morgan fingerprint density at radius 3 is 2.82 bits per heavy atom. The standard InChI is InChI=1S/C13H17NO3/c1-8-2-3-10(6-11(8)15)13(17)14-7-12(16)9-4-5-9/h2-3,6,9,12,15-16H,4-5,7H2,1H3,(H,14,17). The van der Waals surface area contributed by atoms with Gasteiger partial charge in [0.15, 0.2) is 0 Å². The van der Waals surface area contributed by atoms with Crippen LogP contribution in [-0.2, 0) is 0 Å². The highest BCUT2D eigenvalue weighted by Crippen LogP contribution is 2.32. The molecule has 0 heterocycles. The summed E-state index contributed by atoms with van der Waals surface area (Å²) in [5, 5.41) is 21.8. The van der Waals surface area contributed by atoms with Crippen LogP contribution < -0.4 is 5.32 Å². The van der Waals surface area contributed by atoms with Crippen molar-refractivity contribution in [2.24, 2.45) is 5.92 Å². The van der Waals surface area contributed by atoms with Crippen LogP contribution in [0.3, 0.4) is 0 Å². The van der Waals surface area contributed by atoms with Crippen molar-refractivity contribution in [2.45, 2.75) is 25.9 Å². The lowest BCUT2D eigenvalue weighted by molar-refractivity contribution is 0.0901. The molecule has 1 unspecified atom stereocenters. The highest BCUT2D eigenvalue weighted by atomic mass is 16.3. The SMILES string of the molecule is Cc1ccc(C(=O)NCC(O)C2CC2)cc1O. The number of phenolic OH excluding ortho intramolecular Hbond substituents is 1. The van der Waals surface area contributed by atoms with Crippen LogP contribution in [-0.4, -0.2) is 28.8 Å². The summed E-state index contributed by atoms with van der Waals surface area (Å²) in [6, 6.07) is 4.80. The highest BCUT2D eigenvalue weighted by Gasteiger charge is 2.29. The van der Waals surface area contributed by atoms with E-state index in [1.807, 2.05) is 0 Å². The summed E-state index contributed by atoms with van der Waals surface area (Å²) in [5.41, 5.74) is 1.15. The molecule has 1 aliphatic carbocycles. The molecule has 0 radical (unpaired) electrons. The number of benzene rings is 1. The Kier molecular flexibility index (Phi) is 3.33. The molecule has 1 fully saturated rings. The fraction of sp³-hybridized carbons (Fsp3) is 0.462. The molecule has 0 aliphatic heterocycles. The molecule has 1 saturated carbocycles. The number of aliphatic hydroxyl groups is 1. The van der Waals surface area contributed by atoms with Crippen molar-refractivity contribution in [2.75, 3.05) is 6.54 Å². The van der Waals surface area contributed by atoms with Crippen LogP contribution in [0.1, 0.15) is 28.8 Å². The van der Waals surface area contributed by atoms with E-state index in [2.05, 4.69) is 5.32 Å². The number of rotatable bonds is 4. The molecule has 1 aromatic carbocycles. The predicted octanol–water partition coefficient (Wildman–Crippen LogP) is 1.20. The molecule has 0 bridgehead atoms. The smallest absolute Gasteiger partial charge is 0.251 e. The minimum absolute atomic E-state index is 0.111. The molecule has 0 aromatic heterocycles. The Morgan fingerprint density at radius 1 is 1.53 bits per heavy atom. The van der Waals surface area contributed by atoms with E-state index in [0.717, 1.165) is 18.4 Å². The molecule has 2 rings (SSSR count). The van der Waals surface area contributed by atoms with Gasteiger partial charge >= 0.3 is 0 Å². The Hall–Kier alpha value is -1.55. The number of aryl methyl sites for hydroxylation is 1. The van der Waals surface area contributed by atoms with Gasteiger partial charge < -0.3 is 15.5 Å². The Morgan fingerprint density at radius 2 is 2.24 bits per heavy atom. The number of carbonyl (C=O) groups excluding carboxylic acids is 1. The van der Waals surface area contributed by atoms with Gasteiger partial charge in [0.2, 0.25) is 0 Å². The first-order chi connectivity index (χ1) is 8.08. The van der Waals surface area contributed by atoms with Crippen LogP contribution in [0, 0.1) is 12.8 Å². The van der Waals surface area contributed by atoms with E-state index in [9.17, 15) is 15.0 Å². The van der Waals surface area contributed by atoms with Crippen LogP contribution in [0.25, 0.3) is 0 Å². The van der Waals surface area contributed by atoms with Crippen LogP contribution in [0.2, 0.25) is 0 Å². The van der Waals surface area contributed by atoms with Crippen molar-refractivity contribution in [1.82, 2.24) is 5.32 Å². The molecule has 1 atom stereocenters. The van der Waals surface area contributed by atoms with E-state index >= 15 is 0 Å². The zero-order valence-corrected chi connectivity index (χ0v) is 9.81. The van der Waals surface area contributed by atoms with Crippen molar-refractivity contribution in [3.05, 3.63) is 29.3 Å². The maximum Gasteiger partial charge on any atom is 0.251 e. The van der Waals surface area contributed by atoms with Gasteiger partial charge in [-0.2, -0.15) is 0 Å². The van der Waals surface area contributed by atoms with Gasteiger partial charge in [0, 0.05) is 12.1 Å². The lowest BCUT2D eigenvalue weighted by atomic mass is 10.1. The zero-order valence-electron chi connectivity index (χ0n) is 9.81. The second kappa shape index (κ2) is 4.75. The monoisotopic (exact) mass is 235 g/mol. The largest absolute Gasteiger partial charge is 0.508 e. The third-order valence-corrected chi connectivity index (χ3v) is 3.11. The van der Waals surface area contributed by atoms with Crippen molar-refractivity contribution < 1.29 is 15.0 Å². The average molecular weight is 235 g/mol. The number of carbonyl (C=O) groups is 1. The molecule has 17 heavy (non-hydrogen) atoms. The zero-order chi connectivity index (χ0) is 12.4. The van der Waals surface area contributed by atoms with Gasteiger partial charge in [-0.15, -0.1) is 0 Å². The van der Waals surface area contributed by atoms with E-state index in [4.69, 9.17) is 0 Å². The molecule has 92 valence electrons. The van der Waals surface area contributed by atoms with Crippen molar-refractivity contribution in [3.63, 3.8) is 0 Å². The fourth-order valence-electron chi connectivity index (χ4n) is 1.70. The van der Waals surface area contributed by atoms with Gasteiger partial charge in [-0.05, 0) is 43.4 Å². The summed E-state index contributed by atoms with van der Waals surface area (Å²) in [5.74, 6) is 0.196. The first-order valence-corrected chi connectivity index (χ1v) is 5.84. The normalized spacial score (nSPS) is 16.6. The van der Waals surface area contributed by atoms with Crippen LogP contribution in [0.4, 0.5) is 0 Å². The number of aromatic hydroxyl groups is 1. The van der Waals surface area contributed by atoms with E-state index in [1.54, 1.807) is 19.1 Å². The molecule has 3 N–H and O–H groups in total. The number of nitrogens with one attached hydrogen (secondary N) is 1. The van der Waals surface area contributed by atoms with E-state index in [1.165, 1.54) is 6.07 Å². The molecule has 4 heteroatoms. The summed E-state index contributed by atoms with van der Waals surface area (Å²) < 4.78 is 0. The van der Waals surface area contributed by atoms with Gasteiger partial charge in [-0.25, -0.2) is 0 Å². The van der Waals surface area contributed by atoms with E-state index in [0.29, 0.717) is 11.5 Å². The first-order valence-electron chi connectivity index (χ1n) is 5.84. The number of phenols is 1. The van der Waals surface area contributed by atoms with Crippen LogP contribution in [0.15, 0.2) is 18.2 Å². The van der Waals surface area contributed by atoms with Crippen molar-refractivity contribution in [3.8, 4) is 5.75 Å². The Balaban J connectivity index is 1.92. The number of aliphatic hydroxyl groups excluding tert-OH is 1. The lowest BCUT2D eigenvalue weighted by Crippen LogP contribution is -2.33. The summed E-state index contributed by atoms with van der Waals surface area (Å²) in [6.07, 6.45) is 1.64. The minimum Gasteiger partial charge on any atom is -0.508 e. The van der Waals surface area contributed by atoms with Crippen LogP contribution in [0.5, 0.6) is 5.75 Å². The van der Waals surface area contributed by atoms with Gasteiger partial charge in [-0.3, -0.25) is 4.79 Å². The molecule has 1 amide bonds. The molecule has 1 aromatic rings. The summed E-state index contributed by atoms with van der Waals surface area (Å²) in [7, 11) is 0. The van der Waals surface area contributed by atoms with E-state index in [-0.39, 0.29) is 18.2 Å². The van der Waals surface area contributed by atoms with E-state index < -0.39 is 6.10 Å². The fourth-order valence-corrected chi connectivity index (χ4v) is 1.70. The average Bonchev–Trinajstić information content (AvgIpc) is 3.13. The Labute approximate surface area is 100 Å². The predicted molar refractivity (Wildman–Crippen MR) is 63.9 cm³/mol. The number of hydrogen-bond donors (Lipinski definition) is 3. The topological polar surface area (TPSA) is 69.6 Å². The lowest BCUT2D eigenvalue weighted by Gasteiger charge is -2.11. The summed E-state index contributed by atoms with van der Waals surface area (Å²) in [6.45, 7) is 2.05. The van der Waals surface area contributed by atoms with Crippen LogP contribution >= 0.6 is 0 Å². The molecule has 0 spiro atoms. The third-order valence-electron chi connectivity index (χ3n) is 3.11. The summed E-state index contributed by atoms with van der Waals surface area (Å²) in [4.78, 5) is 11.7. The Bertz CT molecular complexity index is 427. The number of hydrogen-bond acceptors (Lipinski definition) is 3. The molecule has 1 aliphatic rings. The molecular formula is C13H17NO3. The van der Waals surface area contributed by atoms with Gasteiger partial charge in [0.05, 0.1) is 6.10 Å². The van der Waals surface area contributed by atoms with Gasteiger partial charge in [0.25, 0.3) is 5.91 Å².